The van der Waals surface area contributed by atoms with Gasteiger partial charge < -0.3 is 10.2 Å². The molecule has 106 valence electrons. The number of rotatable bonds is 2. The van der Waals surface area contributed by atoms with Gasteiger partial charge in [-0.3, -0.25) is 4.98 Å². The summed E-state index contributed by atoms with van der Waals surface area (Å²) in [5, 5.41) is 4.15. The number of piperidine rings is 1. The van der Waals surface area contributed by atoms with Crippen molar-refractivity contribution in [2.45, 2.75) is 18.8 Å². The molecular formula is C15H17F2N3. The summed E-state index contributed by atoms with van der Waals surface area (Å²) in [6, 6.07) is 7.84. The van der Waals surface area contributed by atoms with E-state index in [1.54, 1.807) is 6.20 Å². The van der Waals surface area contributed by atoms with Crippen LogP contribution in [-0.2, 0) is 0 Å². The van der Waals surface area contributed by atoms with Gasteiger partial charge in [0.25, 0.3) is 5.92 Å². The summed E-state index contributed by atoms with van der Waals surface area (Å²) in [5.41, 5.74) is 2.89. The molecule has 0 spiro atoms. The highest BCUT2D eigenvalue weighted by atomic mass is 19.3. The first-order valence-corrected chi connectivity index (χ1v) is 6.78. The lowest BCUT2D eigenvalue weighted by Crippen LogP contribution is -2.39. The van der Waals surface area contributed by atoms with Crippen molar-refractivity contribution < 1.29 is 8.78 Å². The molecule has 1 aromatic carbocycles. The van der Waals surface area contributed by atoms with Crippen LogP contribution in [0.15, 0.2) is 30.5 Å². The van der Waals surface area contributed by atoms with Crippen LogP contribution < -0.4 is 10.2 Å². The molecule has 1 aliphatic rings. The lowest BCUT2D eigenvalue weighted by molar-refractivity contribution is -0.0220. The Morgan fingerprint density at radius 2 is 1.95 bits per heavy atom. The van der Waals surface area contributed by atoms with Crippen LogP contribution in [-0.4, -0.2) is 31.0 Å². The van der Waals surface area contributed by atoms with E-state index < -0.39 is 5.92 Å². The highest BCUT2D eigenvalue weighted by Gasteiger charge is 2.34. The van der Waals surface area contributed by atoms with Gasteiger partial charge in [0.05, 0.1) is 5.52 Å². The third-order valence-electron chi connectivity index (χ3n) is 3.85. The molecule has 0 unspecified atom stereocenters. The Bertz CT molecular complexity index is 618. The molecule has 0 aliphatic carbocycles. The predicted molar refractivity (Wildman–Crippen MR) is 77.7 cm³/mol. The monoisotopic (exact) mass is 277 g/mol. The van der Waals surface area contributed by atoms with Crippen LogP contribution in [0.5, 0.6) is 0 Å². The van der Waals surface area contributed by atoms with Gasteiger partial charge in [-0.2, -0.15) is 0 Å². The number of aromatic nitrogens is 1. The summed E-state index contributed by atoms with van der Waals surface area (Å²) in [5.74, 6) is -2.51. The lowest BCUT2D eigenvalue weighted by Gasteiger charge is -2.33. The van der Waals surface area contributed by atoms with E-state index in [0.29, 0.717) is 13.1 Å². The molecule has 2 heterocycles. The molecular weight excluding hydrogens is 260 g/mol. The number of hydrogen-bond donors (Lipinski definition) is 1. The number of benzene rings is 1. The summed E-state index contributed by atoms with van der Waals surface area (Å²) in [7, 11) is 1.86. The number of nitrogens with one attached hydrogen (secondary N) is 1. The summed E-state index contributed by atoms with van der Waals surface area (Å²) in [4.78, 5) is 6.34. The highest BCUT2D eigenvalue weighted by Crippen LogP contribution is 2.32. The van der Waals surface area contributed by atoms with E-state index in [0.717, 1.165) is 22.3 Å². The van der Waals surface area contributed by atoms with Crippen LogP contribution in [0.1, 0.15) is 12.8 Å². The summed E-state index contributed by atoms with van der Waals surface area (Å²) < 4.78 is 26.4. The number of pyridine rings is 1. The van der Waals surface area contributed by atoms with Gasteiger partial charge in [-0.25, -0.2) is 8.78 Å². The van der Waals surface area contributed by atoms with Crippen LogP contribution in [0.4, 0.5) is 20.2 Å². The maximum atomic E-state index is 13.2. The fourth-order valence-corrected chi connectivity index (χ4v) is 2.64. The van der Waals surface area contributed by atoms with Crippen molar-refractivity contribution in [2.75, 3.05) is 30.4 Å². The SMILES string of the molecule is CNc1ccnc2ccc(N3CCC(F)(F)CC3)cc12. The normalized spacial score (nSPS) is 18.2. The van der Waals surface area contributed by atoms with E-state index in [9.17, 15) is 8.78 Å². The molecule has 1 N–H and O–H groups in total. The molecule has 5 heteroatoms. The van der Waals surface area contributed by atoms with E-state index in [-0.39, 0.29) is 12.8 Å². The van der Waals surface area contributed by atoms with Crippen LogP contribution in [0.25, 0.3) is 10.9 Å². The Labute approximate surface area is 116 Å². The number of nitrogens with zero attached hydrogens (tertiary/aromatic N) is 2. The topological polar surface area (TPSA) is 28.2 Å². The summed E-state index contributed by atoms with van der Waals surface area (Å²) in [6.07, 6.45) is 1.61. The Morgan fingerprint density at radius 1 is 1.20 bits per heavy atom. The van der Waals surface area contributed by atoms with Crippen molar-refractivity contribution in [3.63, 3.8) is 0 Å². The first kappa shape index (κ1) is 13.1. The largest absolute Gasteiger partial charge is 0.388 e. The quantitative estimate of drug-likeness (QED) is 0.910. The summed E-state index contributed by atoms with van der Waals surface area (Å²) >= 11 is 0. The minimum absolute atomic E-state index is 0.0725. The third kappa shape index (κ3) is 2.40. The predicted octanol–water partition coefficient (Wildman–Crippen LogP) is 3.51. The lowest BCUT2D eigenvalue weighted by atomic mass is 10.1. The molecule has 1 fully saturated rings. The Balaban J connectivity index is 1.93. The van der Waals surface area contributed by atoms with E-state index in [1.165, 1.54) is 0 Å². The van der Waals surface area contributed by atoms with Gasteiger partial charge >= 0.3 is 0 Å². The maximum Gasteiger partial charge on any atom is 0.251 e. The Hall–Kier alpha value is -1.91. The maximum absolute atomic E-state index is 13.2. The van der Waals surface area contributed by atoms with E-state index in [1.807, 2.05) is 36.2 Å². The fraction of sp³-hybridized carbons (Fsp3) is 0.400. The second kappa shape index (κ2) is 4.89. The fourth-order valence-electron chi connectivity index (χ4n) is 2.64. The van der Waals surface area contributed by atoms with Crippen molar-refractivity contribution in [1.29, 1.82) is 0 Å². The molecule has 20 heavy (non-hydrogen) atoms. The van der Waals surface area contributed by atoms with E-state index in [2.05, 4.69) is 10.3 Å². The van der Waals surface area contributed by atoms with Crippen molar-refractivity contribution in [1.82, 2.24) is 4.98 Å². The average Bonchev–Trinajstić information content (AvgIpc) is 2.46. The van der Waals surface area contributed by atoms with Crippen molar-refractivity contribution in [2.24, 2.45) is 0 Å². The number of hydrogen-bond acceptors (Lipinski definition) is 3. The zero-order valence-corrected chi connectivity index (χ0v) is 11.4. The van der Waals surface area contributed by atoms with Gasteiger partial charge in [0.1, 0.15) is 0 Å². The van der Waals surface area contributed by atoms with Crippen LogP contribution in [0.2, 0.25) is 0 Å². The second-order valence-electron chi connectivity index (χ2n) is 5.15. The molecule has 3 nitrogen and oxygen atoms in total. The highest BCUT2D eigenvalue weighted by molar-refractivity contribution is 5.93. The zero-order valence-electron chi connectivity index (χ0n) is 11.4. The number of alkyl halides is 2. The van der Waals surface area contributed by atoms with Crippen molar-refractivity contribution in [3.05, 3.63) is 30.5 Å². The van der Waals surface area contributed by atoms with Crippen LogP contribution >= 0.6 is 0 Å². The molecule has 2 aromatic rings. The van der Waals surface area contributed by atoms with E-state index in [4.69, 9.17) is 0 Å². The first-order chi connectivity index (χ1) is 9.59. The van der Waals surface area contributed by atoms with Crippen LogP contribution in [0, 0.1) is 0 Å². The van der Waals surface area contributed by atoms with Gasteiger partial charge in [0.15, 0.2) is 0 Å². The van der Waals surface area contributed by atoms with Gasteiger partial charge in [-0.1, -0.05) is 0 Å². The van der Waals surface area contributed by atoms with Gasteiger partial charge in [0.2, 0.25) is 0 Å². The molecule has 0 amide bonds. The minimum atomic E-state index is -2.51. The first-order valence-electron chi connectivity index (χ1n) is 6.78. The molecule has 1 saturated heterocycles. The van der Waals surface area contributed by atoms with Gasteiger partial charge in [-0.15, -0.1) is 0 Å². The summed E-state index contributed by atoms with van der Waals surface area (Å²) in [6.45, 7) is 0.793. The average molecular weight is 277 g/mol. The minimum Gasteiger partial charge on any atom is -0.388 e. The molecule has 0 saturated carbocycles. The van der Waals surface area contributed by atoms with Gasteiger partial charge in [0, 0.05) is 55.9 Å². The zero-order chi connectivity index (χ0) is 14.2. The van der Waals surface area contributed by atoms with Crippen LogP contribution in [0.3, 0.4) is 0 Å². The number of anilines is 2. The van der Waals surface area contributed by atoms with Crippen molar-refractivity contribution >= 4 is 22.3 Å². The Kier molecular flexibility index (Phi) is 3.20. The Morgan fingerprint density at radius 3 is 2.65 bits per heavy atom. The molecule has 0 radical (unpaired) electrons. The molecule has 0 bridgehead atoms. The van der Waals surface area contributed by atoms with Gasteiger partial charge in [-0.05, 0) is 24.3 Å². The molecule has 1 aliphatic heterocycles. The second-order valence-corrected chi connectivity index (χ2v) is 5.15. The molecule has 3 rings (SSSR count). The number of halogens is 2. The third-order valence-corrected chi connectivity index (χ3v) is 3.85. The molecule has 1 aromatic heterocycles. The number of fused-ring (bicyclic) bond motifs is 1. The molecule has 0 atom stereocenters. The standard InChI is InChI=1S/C15H17F2N3/c1-18-13-4-7-19-14-3-2-11(10-12(13)14)20-8-5-15(16,17)6-9-20/h2-4,7,10H,5-6,8-9H2,1H3,(H,18,19). The smallest absolute Gasteiger partial charge is 0.251 e. The van der Waals surface area contributed by atoms with Crippen molar-refractivity contribution in [3.8, 4) is 0 Å². The van der Waals surface area contributed by atoms with E-state index >= 15 is 0 Å².